The van der Waals surface area contributed by atoms with E-state index in [9.17, 15) is 0 Å². The van der Waals surface area contributed by atoms with Crippen LogP contribution in [0.3, 0.4) is 0 Å². The van der Waals surface area contributed by atoms with Crippen molar-refractivity contribution < 1.29 is 0 Å². The molecule has 0 radical (unpaired) electrons. The minimum Gasteiger partial charge on any atom is -0.248 e. The second kappa shape index (κ2) is 5.53. The number of nitrogens with zero attached hydrogens (tertiary/aromatic N) is 1. The first-order valence-corrected chi connectivity index (χ1v) is 7.19. The van der Waals surface area contributed by atoms with Crippen molar-refractivity contribution in [2.24, 2.45) is 0 Å². The van der Waals surface area contributed by atoms with E-state index in [1.54, 1.807) is 0 Å². The average molecular weight is 357 g/mol. The van der Waals surface area contributed by atoms with Crippen LogP contribution >= 0.6 is 22.6 Å². The predicted octanol–water partition coefficient (Wildman–Crippen LogP) is 5.01. The minimum absolute atomic E-state index is 0.984. The van der Waals surface area contributed by atoms with Crippen molar-refractivity contribution in [3.8, 4) is 0 Å². The van der Waals surface area contributed by atoms with Gasteiger partial charge in [0.2, 0.25) is 0 Å². The number of benzene rings is 2. The molecule has 0 aliphatic carbocycles. The van der Waals surface area contributed by atoms with E-state index in [0.717, 1.165) is 11.2 Å². The Morgan fingerprint density at radius 1 is 0.789 bits per heavy atom. The normalized spacial score (nSPS) is 11.2. The number of pyridine rings is 1. The molecular weight excluding hydrogens is 345 g/mol. The van der Waals surface area contributed by atoms with E-state index in [0.29, 0.717) is 0 Å². The van der Waals surface area contributed by atoms with Crippen molar-refractivity contribution in [2.75, 3.05) is 0 Å². The Labute approximate surface area is 126 Å². The quantitative estimate of drug-likeness (QED) is 0.588. The summed E-state index contributed by atoms with van der Waals surface area (Å²) in [5.74, 6) is 0. The second-order valence-corrected chi connectivity index (χ2v) is 5.56. The Hall–Kier alpha value is -1.68. The monoisotopic (exact) mass is 357 g/mol. The zero-order chi connectivity index (χ0) is 13.1. The lowest BCUT2D eigenvalue weighted by Crippen LogP contribution is -1.82. The third-order valence-electron chi connectivity index (χ3n) is 2.94. The van der Waals surface area contributed by atoms with Gasteiger partial charge in [0.1, 0.15) is 0 Å². The van der Waals surface area contributed by atoms with Crippen LogP contribution in [-0.4, -0.2) is 4.98 Å². The standard InChI is InChI=1S/C17H12IN/c18-15-9-5-13(6-10-15)7-11-16-12-8-14-3-1-2-4-17(14)19-16/h1-12H/b11-7+. The molecule has 1 aromatic heterocycles. The molecule has 0 fully saturated rings. The molecule has 0 saturated carbocycles. The number of fused-ring (bicyclic) bond motifs is 1. The molecule has 92 valence electrons. The van der Waals surface area contributed by atoms with Gasteiger partial charge in [-0.2, -0.15) is 0 Å². The summed E-state index contributed by atoms with van der Waals surface area (Å²) in [7, 11) is 0. The van der Waals surface area contributed by atoms with Crippen LogP contribution < -0.4 is 0 Å². The zero-order valence-electron chi connectivity index (χ0n) is 10.3. The Kier molecular flexibility index (Phi) is 3.60. The number of para-hydroxylation sites is 1. The van der Waals surface area contributed by atoms with Crippen LogP contribution in [0.5, 0.6) is 0 Å². The van der Waals surface area contributed by atoms with Crippen molar-refractivity contribution in [3.63, 3.8) is 0 Å². The summed E-state index contributed by atoms with van der Waals surface area (Å²) in [6.07, 6.45) is 4.14. The molecule has 0 amide bonds. The minimum atomic E-state index is 0.984. The molecule has 0 aliphatic heterocycles. The molecule has 2 aromatic carbocycles. The van der Waals surface area contributed by atoms with E-state index in [2.05, 4.69) is 76.1 Å². The molecule has 0 spiro atoms. The van der Waals surface area contributed by atoms with Crippen molar-refractivity contribution in [3.05, 3.63) is 75.5 Å². The largest absolute Gasteiger partial charge is 0.248 e. The van der Waals surface area contributed by atoms with Crippen LogP contribution in [0.1, 0.15) is 11.3 Å². The molecule has 0 aliphatic rings. The fourth-order valence-corrected chi connectivity index (χ4v) is 2.29. The first-order chi connectivity index (χ1) is 9.31. The smallest absolute Gasteiger partial charge is 0.0709 e. The zero-order valence-corrected chi connectivity index (χ0v) is 12.4. The topological polar surface area (TPSA) is 12.9 Å². The number of rotatable bonds is 2. The lowest BCUT2D eigenvalue weighted by atomic mass is 10.1. The highest BCUT2D eigenvalue weighted by atomic mass is 127. The number of halogens is 1. The number of aromatic nitrogens is 1. The van der Waals surface area contributed by atoms with Gasteiger partial charge in [-0.3, -0.25) is 0 Å². The van der Waals surface area contributed by atoms with Crippen LogP contribution in [0.2, 0.25) is 0 Å². The lowest BCUT2D eigenvalue weighted by molar-refractivity contribution is 1.37. The highest BCUT2D eigenvalue weighted by Crippen LogP contribution is 2.14. The maximum Gasteiger partial charge on any atom is 0.0709 e. The molecule has 19 heavy (non-hydrogen) atoms. The fourth-order valence-electron chi connectivity index (χ4n) is 1.93. The average Bonchev–Trinajstić information content (AvgIpc) is 2.46. The van der Waals surface area contributed by atoms with Crippen molar-refractivity contribution in [1.29, 1.82) is 0 Å². The van der Waals surface area contributed by atoms with Crippen molar-refractivity contribution >= 4 is 45.6 Å². The molecule has 0 N–H and O–H groups in total. The third-order valence-corrected chi connectivity index (χ3v) is 3.66. The van der Waals surface area contributed by atoms with Crippen LogP contribution in [0, 0.1) is 3.57 Å². The van der Waals surface area contributed by atoms with Gasteiger partial charge in [0.05, 0.1) is 11.2 Å². The lowest BCUT2D eigenvalue weighted by Gasteiger charge is -1.98. The van der Waals surface area contributed by atoms with Gasteiger partial charge in [-0.25, -0.2) is 4.98 Å². The van der Waals surface area contributed by atoms with Crippen LogP contribution in [0.25, 0.3) is 23.1 Å². The van der Waals surface area contributed by atoms with Gasteiger partial charge < -0.3 is 0 Å². The predicted molar refractivity (Wildman–Crippen MR) is 89.8 cm³/mol. The van der Waals surface area contributed by atoms with E-state index >= 15 is 0 Å². The first kappa shape index (κ1) is 12.4. The second-order valence-electron chi connectivity index (χ2n) is 4.31. The summed E-state index contributed by atoms with van der Waals surface area (Å²) in [4.78, 5) is 4.62. The van der Waals surface area contributed by atoms with E-state index in [4.69, 9.17) is 0 Å². The van der Waals surface area contributed by atoms with Crippen molar-refractivity contribution in [1.82, 2.24) is 4.98 Å². The van der Waals surface area contributed by atoms with Crippen LogP contribution in [0.15, 0.2) is 60.7 Å². The maximum atomic E-state index is 4.62. The van der Waals surface area contributed by atoms with Gasteiger partial charge in [-0.05, 0) is 58.5 Å². The third kappa shape index (κ3) is 3.01. The van der Waals surface area contributed by atoms with Crippen LogP contribution in [-0.2, 0) is 0 Å². The van der Waals surface area contributed by atoms with Crippen LogP contribution in [0.4, 0.5) is 0 Å². The maximum absolute atomic E-state index is 4.62. The fraction of sp³-hybridized carbons (Fsp3) is 0. The molecular formula is C17H12IN. The first-order valence-electron chi connectivity index (χ1n) is 6.11. The molecule has 3 aromatic rings. The molecule has 3 rings (SSSR count). The molecule has 2 heteroatoms. The Morgan fingerprint density at radius 2 is 1.58 bits per heavy atom. The van der Waals surface area contributed by atoms with Gasteiger partial charge in [-0.1, -0.05) is 42.5 Å². The summed E-state index contributed by atoms with van der Waals surface area (Å²) in [5.41, 5.74) is 3.21. The van der Waals surface area contributed by atoms with Gasteiger partial charge in [0.15, 0.2) is 0 Å². The Bertz CT molecular complexity index is 730. The number of hydrogen-bond donors (Lipinski definition) is 0. The highest BCUT2D eigenvalue weighted by Gasteiger charge is 1.94. The van der Waals surface area contributed by atoms with Crippen molar-refractivity contribution in [2.45, 2.75) is 0 Å². The summed E-state index contributed by atoms with van der Waals surface area (Å²) >= 11 is 2.31. The SMILES string of the molecule is Ic1ccc(/C=C/c2ccc3ccccc3n2)cc1. The molecule has 0 unspecified atom stereocenters. The molecule has 1 nitrogen and oxygen atoms in total. The van der Waals surface area contributed by atoms with E-state index < -0.39 is 0 Å². The molecule has 0 atom stereocenters. The molecule has 1 heterocycles. The number of hydrogen-bond acceptors (Lipinski definition) is 1. The van der Waals surface area contributed by atoms with Gasteiger partial charge in [0, 0.05) is 8.96 Å². The summed E-state index contributed by atoms with van der Waals surface area (Å²) < 4.78 is 1.25. The van der Waals surface area contributed by atoms with Gasteiger partial charge in [-0.15, -0.1) is 0 Å². The highest BCUT2D eigenvalue weighted by molar-refractivity contribution is 14.1. The molecule has 0 bridgehead atoms. The Morgan fingerprint density at radius 3 is 2.42 bits per heavy atom. The van der Waals surface area contributed by atoms with E-state index in [1.807, 2.05) is 24.3 Å². The van der Waals surface area contributed by atoms with Gasteiger partial charge in [0.25, 0.3) is 0 Å². The summed E-state index contributed by atoms with van der Waals surface area (Å²) in [6, 6.07) is 20.8. The van der Waals surface area contributed by atoms with E-state index in [-0.39, 0.29) is 0 Å². The Balaban J connectivity index is 1.90. The van der Waals surface area contributed by atoms with E-state index in [1.165, 1.54) is 14.5 Å². The van der Waals surface area contributed by atoms with Gasteiger partial charge >= 0.3 is 0 Å². The molecule has 0 saturated heterocycles. The summed E-state index contributed by atoms with van der Waals surface area (Å²) in [5, 5.41) is 1.17. The summed E-state index contributed by atoms with van der Waals surface area (Å²) in [6.45, 7) is 0.